The number of ether oxygens (including phenoxy) is 5. The maximum absolute atomic E-state index is 13.0. The number of nitrogens with zero attached hydrogens (tertiary/aromatic N) is 3. The van der Waals surface area contributed by atoms with Crippen LogP contribution in [0.2, 0.25) is 0 Å². The number of rotatable bonds is 26. The van der Waals surface area contributed by atoms with E-state index in [2.05, 4.69) is 24.5 Å². The van der Waals surface area contributed by atoms with E-state index in [9.17, 15) is 9.59 Å². The molecule has 1 aliphatic rings. The van der Waals surface area contributed by atoms with Crippen LogP contribution < -0.4 is 16.1 Å². The van der Waals surface area contributed by atoms with E-state index in [4.69, 9.17) is 38.8 Å². The zero-order chi connectivity index (χ0) is 39.6. The number of Topliss-reactive ketones (excluding diaryl/α,β-unsaturated/α-hetero) is 1. The predicted octanol–water partition coefficient (Wildman–Crippen LogP) is 2.78. The molecule has 1 heterocycles. The first-order chi connectivity index (χ1) is 26.5. The summed E-state index contributed by atoms with van der Waals surface area (Å²) in [6, 6.07) is 12.8. The number of hydrogen-bond donors (Lipinski definition) is 4. The SMILES string of the molecule is Cc1nn(-c2ccc(C(=O)N(C)C)c(NCCCOCCOCCOCCOCCOCCCNCc3ccc(B(O)O)cc3)c2)c2c1C(=O)CC(C)(C)C2. The number of fused-ring (bicyclic) bond motifs is 1. The fraction of sp³-hybridized carbons (Fsp3) is 0.575. The van der Waals surface area contributed by atoms with Crippen LogP contribution in [0.1, 0.15) is 70.8 Å². The monoisotopic (exact) mass is 765 g/mol. The number of amides is 1. The lowest BCUT2D eigenvalue weighted by Crippen LogP contribution is -2.29. The van der Waals surface area contributed by atoms with E-state index in [1.165, 1.54) is 0 Å². The molecule has 0 unspecified atom stereocenters. The lowest BCUT2D eigenvalue weighted by atomic mass is 9.75. The van der Waals surface area contributed by atoms with E-state index in [-0.39, 0.29) is 17.1 Å². The zero-order valence-electron chi connectivity index (χ0n) is 33.2. The number of benzene rings is 2. The van der Waals surface area contributed by atoms with Gasteiger partial charge in [0.05, 0.1) is 81.1 Å². The van der Waals surface area contributed by atoms with Gasteiger partial charge in [-0.25, -0.2) is 4.68 Å². The second kappa shape index (κ2) is 22.8. The van der Waals surface area contributed by atoms with Crippen molar-refractivity contribution in [1.82, 2.24) is 20.0 Å². The Hall–Kier alpha value is -3.67. The third-order valence-electron chi connectivity index (χ3n) is 9.12. The van der Waals surface area contributed by atoms with Gasteiger partial charge in [0.25, 0.3) is 5.91 Å². The lowest BCUT2D eigenvalue weighted by molar-refractivity contribution is -0.0111. The summed E-state index contributed by atoms with van der Waals surface area (Å²) in [5, 5.41) is 29.8. The summed E-state index contributed by atoms with van der Waals surface area (Å²) in [6.45, 7) is 13.4. The van der Waals surface area contributed by atoms with Gasteiger partial charge in [0, 0.05) is 52.5 Å². The highest BCUT2D eigenvalue weighted by molar-refractivity contribution is 6.58. The van der Waals surface area contributed by atoms with Crippen LogP contribution in [-0.4, -0.2) is 137 Å². The van der Waals surface area contributed by atoms with Crippen molar-refractivity contribution < 1.29 is 43.3 Å². The molecule has 1 aliphatic carbocycles. The lowest BCUT2D eigenvalue weighted by Gasteiger charge is -2.29. The van der Waals surface area contributed by atoms with Crippen molar-refractivity contribution in [2.75, 3.05) is 98.6 Å². The number of carbonyl (C=O) groups is 2. The summed E-state index contributed by atoms with van der Waals surface area (Å²) in [6.07, 6.45) is 2.88. The second-order valence-electron chi connectivity index (χ2n) is 14.7. The van der Waals surface area contributed by atoms with Crippen molar-refractivity contribution in [3.8, 4) is 5.69 Å². The number of nitrogens with one attached hydrogen (secondary N) is 2. The summed E-state index contributed by atoms with van der Waals surface area (Å²) in [5.41, 5.74) is 5.89. The van der Waals surface area contributed by atoms with Crippen molar-refractivity contribution in [3.05, 3.63) is 70.5 Å². The molecule has 4 rings (SSSR count). The number of aromatic nitrogens is 2. The van der Waals surface area contributed by atoms with Crippen LogP contribution in [0.25, 0.3) is 5.69 Å². The number of carbonyl (C=O) groups excluding carboxylic acids is 2. The van der Waals surface area contributed by atoms with Crippen LogP contribution in [0.4, 0.5) is 5.69 Å². The van der Waals surface area contributed by atoms with E-state index in [0.29, 0.717) is 102 Å². The first-order valence-electron chi connectivity index (χ1n) is 19.2. The van der Waals surface area contributed by atoms with Gasteiger partial charge in [-0.15, -0.1) is 0 Å². The smallest absolute Gasteiger partial charge is 0.423 e. The molecular formula is C40H60BN5O9. The maximum Gasteiger partial charge on any atom is 0.488 e. The number of ketones is 1. The van der Waals surface area contributed by atoms with E-state index in [0.717, 1.165) is 54.0 Å². The molecule has 302 valence electrons. The topological polar surface area (TPSA) is 166 Å². The minimum atomic E-state index is -1.44. The van der Waals surface area contributed by atoms with Crippen LogP contribution in [0.5, 0.6) is 0 Å². The number of hydrogen-bond acceptors (Lipinski definition) is 12. The van der Waals surface area contributed by atoms with Crippen molar-refractivity contribution in [3.63, 3.8) is 0 Å². The highest BCUT2D eigenvalue weighted by Crippen LogP contribution is 2.37. The number of aryl methyl sites for hydroxylation is 1. The molecule has 3 aromatic rings. The number of anilines is 1. The molecule has 15 heteroatoms. The van der Waals surface area contributed by atoms with Gasteiger partial charge in [-0.2, -0.15) is 5.10 Å². The van der Waals surface area contributed by atoms with Gasteiger partial charge >= 0.3 is 7.12 Å². The largest absolute Gasteiger partial charge is 0.488 e. The van der Waals surface area contributed by atoms with Crippen LogP contribution in [-0.2, 0) is 36.6 Å². The Morgan fingerprint density at radius 1 is 0.836 bits per heavy atom. The molecule has 0 radical (unpaired) electrons. The quantitative estimate of drug-likeness (QED) is 0.0699. The maximum atomic E-state index is 13.0. The molecular weight excluding hydrogens is 705 g/mol. The average Bonchev–Trinajstić information content (AvgIpc) is 3.48. The van der Waals surface area contributed by atoms with Crippen LogP contribution >= 0.6 is 0 Å². The molecule has 1 aromatic heterocycles. The predicted molar refractivity (Wildman–Crippen MR) is 213 cm³/mol. The van der Waals surface area contributed by atoms with Gasteiger partial charge < -0.3 is 49.3 Å². The highest BCUT2D eigenvalue weighted by atomic mass is 16.6. The third kappa shape index (κ3) is 14.4. The molecule has 0 spiro atoms. The molecule has 1 amide bonds. The van der Waals surface area contributed by atoms with Crippen LogP contribution in [0.15, 0.2) is 42.5 Å². The molecule has 4 N–H and O–H groups in total. The third-order valence-corrected chi connectivity index (χ3v) is 9.12. The normalized spacial score (nSPS) is 13.5. The summed E-state index contributed by atoms with van der Waals surface area (Å²) < 4.78 is 29.9. The minimum Gasteiger partial charge on any atom is -0.423 e. The van der Waals surface area contributed by atoms with E-state index in [1.807, 2.05) is 41.9 Å². The van der Waals surface area contributed by atoms with Gasteiger partial charge in [-0.3, -0.25) is 9.59 Å². The fourth-order valence-electron chi connectivity index (χ4n) is 6.31. The molecule has 0 fully saturated rings. The van der Waals surface area contributed by atoms with Gasteiger partial charge in [0.2, 0.25) is 0 Å². The van der Waals surface area contributed by atoms with Gasteiger partial charge in [0.1, 0.15) is 0 Å². The molecule has 0 bridgehead atoms. The Balaban J connectivity index is 1.000. The van der Waals surface area contributed by atoms with Crippen molar-refractivity contribution in [1.29, 1.82) is 0 Å². The zero-order valence-corrected chi connectivity index (χ0v) is 33.2. The Morgan fingerprint density at radius 2 is 1.40 bits per heavy atom. The van der Waals surface area contributed by atoms with Gasteiger partial charge in [-0.05, 0) is 67.4 Å². The molecule has 14 nitrogen and oxygen atoms in total. The highest BCUT2D eigenvalue weighted by Gasteiger charge is 2.36. The Labute approximate surface area is 326 Å². The molecule has 0 saturated carbocycles. The first-order valence-corrected chi connectivity index (χ1v) is 19.2. The average molecular weight is 766 g/mol. The standard InChI is InChI=1S/C40H60BN5O9/c1-30-38-36(27-40(2,3)28-37(38)47)46(44-30)33-12-13-34(39(48)45(4)5)35(26-33)43-15-7-17-52-19-21-54-23-25-55-24-22-53-20-18-51-16-6-14-42-29-31-8-10-32(11-9-31)41(49)50/h8-13,26,42-43,49-50H,6-7,14-25,27-29H2,1-5H3. The summed E-state index contributed by atoms with van der Waals surface area (Å²) in [5.74, 6) is 0.0344. The second-order valence-corrected chi connectivity index (χ2v) is 14.7. The molecule has 0 atom stereocenters. The first kappa shape index (κ1) is 44.1. The Morgan fingerprint density at radius 3 is 1.96 bits per heavy atom. The van der Waals surface area contributed by atoms with Crippen molar-refractivity contribution >= 4 is 30.0 Å². The van der Waals surface area contributed by atoms with Crippen LogP contribution in [0.3, 0.4) is 0 Å². The molecule has 55 heavy (non-hydrogen) atoms. The minimum absolute atomic E-state index is 0.0977. The van der Waals surface area contributed by atoms with Crippen LogP contribution in [0, 0.1) is 12.3 Å². The molecule has 0 aliphatic heterocycles. The summed E-state index contributed by atoms with van der Waals surface area (Å²) in [7, 11) is 2.03. The van der Waals surface area contributed by atoms with Gasteiger partial charge in [0.15, 0.2) is 5.78 Å². The van der Waals surface area contributed by atoms with E-state index >= 15 is 0 Å². The molecule has 0 saturated heterocycles. The molecule has 2 aromatic carbocycles. The summed E-state index contributed by atoms with van der Waals surface area (Å²) >= 11 is 0. The van der Waals surface area contributed by atoms with Gasteiger partial charge in [-0.1, -0.05) is 38.1 Å². The van der Waals surface area contributed by atoms with E-state index < -0.39 is 7.12 Å². The Bertz CT molecular complexity index is 1630. The Kier molecular flexibility index (Phi) is 18.2. The summed E-state index contributed by atoms with van der Waals surface area (Å²) in [4.78, 5) is 27.5. The van der Waals surface area contributed by atoms with Crippen molar-refractivity contribution in [2.45, 2.75) is 53.0 Å². The van der Waals surface area contributed by atoms with E-state index in [1.54, 1.807) is 31.1 Å². The van der Waals surface area contributed by atoms with Crippen molar-refractivity contribution in [2.24, 2.45) is 5.41 Å². The fourth-order valence-corrected chi connectivity index (χ4v) is 6.31.